The van der Waals surface area contributed by atoms with Gasteiger partial charge in [0, 0.05) is 5.02 Å². The first-order chi connectivity index (χ1) is 8.49. The van der Waals surface area contributed by atoms with Gasteiger partial charge in [-0.15, -0.1) is 0 Å². The molecular formula is C13H12ClIN2O. The van der Waals surface area contributed by atoms with Crippen molar-refractivity contribution in [1.29, 1.82) is 0 Å². The summed E-state index contributed by atoms with van der Waals surface area (Å²) in [5.74, 6) is 0. The lowest BCUT2D eigenvalue weighted by atomic mass is 10.1. The molecule has 0 saturated heterocycles. The zero-order valence-electron chi connectivity index (χ0n) is 10.1. The molecule has 5 heteroatoms. The summed E-state index contributed by atoms with van der Waals surface area (Å²) in [6.07, 6.45) is 1.57. The predicted octanol–water partition coefficient (Wildman–Crippen LogP) is 3.17. The molecule has 0 atom stereocenters. The second-order valence-electron chi connectivity index (χ2n) is 4.17. The second kappa shape index (κ2) is 5.40. The van der Waals surface area contributed by atoms with Crippen LogP contribution in [-0.2, 0) is 6.54 Å². The van der Waals surface area contributed by atoms with Crippen molar-refractivity contribution in [1.82, 2.24) is 9.55 Å². The first-order valence-corrected chi connectivity index (χ1v) is 6.91. The fraction of sp³-hybridized carbons (Fsp3) is 0.231. The molecular weight excluding hydrogens is 363 g/mol. The molecule has 0 aliphatic carbocycles. The highest BCUT2D eigenvalue weighted by atomic mass is 127. The van der Waals surface area contributed by atoms with Crippen LogP contribution in [0.15, 0.2) is 29.3 Å². The quantitative estimate of drug-likeness (QED) is 0.757. The number of benzene rings is 1. The summed E-state index contributed by atoms with van der Waals surface area (Å²) in [6.45, 7) is 4.26. The van der Waals surface area contributed by atoms with Crippen LogP contribution in [-0.4, -0.2) is 9.55 Å². The molecule has 0 N–H and O–H groups in total. The summed E-state index contributed by atoms with van der Waals surface area (Å²) >= 11 is 8.19. The zero-order valence-corrected chi connectivity index (χ0v) is 13.0. The zero-order chi connectivity index (χ0) is 13.3. The fourth-order valence-electron chi connectivity index (χ4n) is 1.62. The predicted molar refractivity (Wildman–Crippen MR) is 81.2 cm³/mol. The van der Waals surface area contributed by atoms with Crippen LogP contribution in [0.1, 0.15) is 16.8 Å². The maximum absolute atomic E-state index is 12.0. The minimum atomic E-state index is -0.0280. The Labute approximate surface area is 124 Å². The molecule has 0 spiro atoms. The van der Waals surface area contributed by atoms with Crippen molar-refractivity contribution < 1.29 is 0 Å². The van der Waals surface area contributed by atoms with E-state index in [1.54, 1.807) is 10.9 Å². The molecule has 0 amide bonds. The molecule has 0 aliphatic heterocycles. The molecule has 2 aromatic rings. The first-order valence-electron chi connectivity index (χ1n) is 5.45. The summed E-state index contributed by atoms with van der Waals surface area (Å²) in [4.78, 5) is 16.2. The molecule has 3 nitrogen and oxygen atoms in total. The van der Waals surface area contributed by atoms with Gasteiger partial charge in [0.1, 0.15) is 0 Å². The summed E-state index contributed by atoms with van der Waals surface area (Å²) in [7, 11) is 0. The number of hydrogen-bond donors (Lipinski definition) is 0. The van der Waals surface area contributed by atoms with Crippen molar-refractivity contribution in [2.45, 2.75) is 20.4 Å². The minimum Gasteiger partial charge on any atom is -0.294 e. The highest BCUT2D eigenvalue weighted by Gasteiger charge is 2.07. The van der Waals surface area contributed by atoms with Gasteiger partial charge in [-0.1, -0.05) is 23.7 Å². The monoisotopic (exact) mass is 374 g/mol. The Morgan fingerprint density at radius 3 is 2.78 bits per heavy atom. The number of nitrogens with zero attached hydrogens (tertiary/aromatic N) is 2. The van der Waals surface area contributed by atoms with Gasteiger partial charge in [-0.3, -0.25) is 9.36 Å². The largest absolute Gasteiger partial charge is 0.294 e. The highest BCUT2D eigenvalue weighted by molar-refractivity contribution is 14.1. The number of aromatic nitrogens is 2. The van der Waals surface area contributed by atoms with Gasteiger partial charge in [0.15, 0.2) is 0 Å². The molecule has 1 heterocycles. The average molecular weight is 375 g/mol. The van der Waals surface area contributed by atoms with Crippen molar-refractivity contribution >= 4 is 34.2 Å². The molecule has 0 saturated carbocycles. The topological polar surface area (TPSA) is 34.9 Å². The molecule has 0 radical (unpaired) electrons. The molecule has 94 valence electrons. The van der Waals surface area contributed by atoms with Gasteiger partial charge in [-0.2, -0.15) is 0 Å². The van der Waals surface area contributed by atoms with E-state index in [4.69, 9.17) is 11.6 Å². The fourth-order valence-corrected chi connectivity index (χ4v) is 2.37. The van der Waals surface area contributed by atoms with Crippen LogP contribution in [0, 0.1) is 17.4 Å². The van der Waals surface area contributed by atoms with Gasteiger partial charge in [0.05, 0.1) is 22.1 Å². The molecule has 0 aliphatic rings. The number of halogens is 2. The Hall–Kier alpha value is -0.880. The van der Waals surface area contributed by atoms with Crippen molar-refractivity contribution in [2.24, 2.45) is 0 Å². The lowest BCUT2D eigenvalue weighted by Crippen LogP contribution is -2.24. The van der Waals surface area contributed by atoms with E-state index in [0.717, 1.165) is 16.8 Å². The molecule has 0 bridgehead atoms. The molecule has 0 fully saturated rings. The number of aryl methyl sites for hydroxylation is 2. The highest BCUT2D eigenvalue weighted by Crippen LogP contribution is 2.18. The van der Waals surface area contributed by atoms with Gasteiger partial charge in [0.2, 0.25) is 0 Å². The Morgan fingerprint density at radius 1 is 1.39 bits per heavy atom. The van der Waals surface area contributed by atoms with Crippen LogP contribution in [0.2, 0.25) is 5.02 Å². The van der Waals surface area contributed by atoms with Gasteiger partial charge in [-0.05, 0) is 53.6 Å². The van der Waals surface area contributed by atoms with E-state index in [1.807, 2.05) is 54.6 Å². The summed E-state index contributed by atoms with van der Waals surface area (Å²) < 4.78 is 2.23. The minimum absolute atomic E-state index is 0.0280. The van der Waals surface area contributed by atoms with Crippen LogP contribution in [0.3, 0.4) is 0 Å². The molecule has 1 aromatic heterocycles. The number of hydrogen-bond acceptors (Lipinski definition) is 2. The third-order valence-electron chi connectivity index (χ3n) is 2.71. The van der Waals surface area contributed by atoms with Crippen LogP contribution in [0.4, 0.5) is 0 Å². The van der Waals surface area contributed by atoms with E-state index >= 15 is 0 Å². The lowest BCUT2D eigenvalue weighted by molar-refractivity contribution is 0.723. The summed E-state index contributed by atoms with van der Waals surface area (Å²) in [6, 6.07) is 5.82. The van der Waals surface area contributed by atoms with E-state index in [9.17, 15) is 4.79 Å². The molecule has 1 aromatic carbocycles. The molecule has 18 heavy (non-hydrogen) atoms. The van der Waals surface area contributed by atoms with Crippen LogP contribution < -0.4 is 5.56 Å². The normalized spacial score (nSPS) is 10.7. The summed E-state index contributed by atoms with van der Waals surface area (Å²) in [5, 5.41) is 0.678. The Balaban J connectivity index is 2.41. The van der Waals surface area contributed by atoms with Gasteiger partial charge >= 0.3 is 0 Å². The lowest BCUT2D eigenvalue weighted by Gasteiger charge is -2.09. The van der Waals surface area contributed by atoms with Crippen LogP contribution in [0.5, 0.6) is 0 Å². The maximum atomic E-state index is 12.0. The second-order valence-corrected chi connectivity index (χ2v) is 5.66. The van der Waals surface area contributed by atoms with Crippen LogP contribution >= 0.6 is 34.2 Å². The van der Waals surface area contributed by atoms with E-state index in [0.29, 0.717) is 15.1 Å². The van der Waals surface area contributed by atoms with Crippen molar-refractivity contribution in [3.8, 4) is 0 Å². The third kappa shape index (κ3) is 2.75. The molecule has 2 rings (SSSR count). The van der Waals surface area contributed by atoms with Crippen molar-refractivity contribution in [2.75, 3.05) is 0 Å². The number of rotatable bonds is 2. The van der Waals surface area contributed by atoms with E-state index in [2.05, 4.69) is 4.98 Å². The van der Waals surface area contributed by atoms with Gasteiger partial charge in [0.25, 0.3) is 5.56 Å². The molecule has 0 unspecified atom stereocenters. The SMILES string of the molecule is Cc1ccc(Cn2cnc(C)c(I)c2=O)c(Cl)c1. The standard InChI is InChI=1S/C13H12ClIN2O/c1-8-3-4-10(11(14)5-8)6-17-7-16-9(2)12(15)13(17)18/h3-5,7H,6H2,1-2H3. The van der Waals surface area contributed by atoms with E-state index in [1.165, 1.54) is 0 Å². The van der Waals surface area contributed by atoms with Crippen molar-refractivity contribution in [3.63, 3.8) is 0 Å². The Morgan fingerprint density at radius 2 is 2.11 bits per heavy atom. The first kappa shape index (κ1) is 13.5. The van der Waals surface area contributed by atoms with Gasteiger partial charge < -0.3 is 0 Å². The van der Waals surface area contributed by atoms with E-state index in [-0.39, 0.29) is 5.56 Å². The summed E-state index contributed by atoms with van der Waals surface area (Å²) in [5.41, 5.74) is 2.75. The van der Waals surface area contributed by atoms with Crippen molar-refractivity contribution in [3.05, 3.63) is 60.3 Å². The average Bonchev–Trinajstić information content (AvgIpc) is 2.33. The third-order valence-corrected chi connectivity index (χ3v) is 4.30. The van der Waals surface area contributed by atoms with Gasteiger partial charge in [-0.25, -0.2) is 4.98 Å². The Kier molecular flexibility index (Phi) is 4.07. The Bertz CT molecular complexity index is 652. The van der Waals surface area contributed by atoms with E-state index < -0.39 is 0 Å². The maximum Gasteiger partial charge on any atom is 0.267 e. The smallest absolute Gasteiger partial charge is 0.267 e. The van der Waals surface area contributed by atoms with Crippen LogP contribution in [0.25, 0.3) is 0 Å².